The standard InChI is InChI=1S/C10H20N2O3.ClH/c1-9(11)10(13)15-6-2-3-12-4-7-14-8-5-12;/h9H,2-8,11H2,1H3;1H. The topological polar surface area (TPSA) is 64.8 Å². The first-order valence-electron chi connectivity index (χ1n) is 5.42. The van der Waals surface area contributed by atoms with Crippen LogP contribution in [0.2, 0.25) is 0 Å². The molecular weight excluding hydrogens is 232 g/mol. The van der Waals surface area contributed by atoms with Gasteiger partial charge in [-0.25, -0.2) is 0 Å². The van der Waals surface area contributed by atoms with Crippen molar-refractivity contribution in [3.05, 3.63) is 0 Å². The van der Waals surface area contributed by atoms with Crippen molar-refractivity contribution in [3.8, 4) is 0 Å². The molecular formula is C10H21ClN2O3. The molecule has 1 aliphatic rings. The van der Waals surface area contributed by atoms with Gasteiger partial charge in [0.1, 0.15) is 6.04 Å². The molecule has 16 heavy (non-hydrogen) atoms. The van der Waals surface area contributed by atoms with Crippen molar-refractivity contribution in [2.45, 2.75) is 19.4 Å². The van der Waals surface area contributed by atoms with Crippen LogP contribution in [0.5, 0.6) is 0 Å². The molecule has 1 aliphatic heterocycles. The number of nitrogens with zero attached hydrogens (tertiary/aromatic N) is 1. The summed E-state index contributed by atoms with van der Waals surface area (Å²) in [5.41, 5.74) is 5.36. The fourth-order valence-corrected chi connectivity index (χ4v) is 1.42. The van der Waals surface area contributed by atoms with Crippen LogP contribution in [0, 0.1) is 0 Å². The van der Waals surface area contributed by atoms with Gasteiger partial charge < -0.3 is 15.2 Å². The van der Waals surface area contributed by atoms with E-state index in [-0.39, 0.29) is 18.4 Å². The van der Waals surface area contributed by atoms with E-state index in [1.165, 1.54) is 0 Å². The van der Waals surface area contributed by atoms with Crippen LogP contribution in [-0.4, -0.2) is 56.4 Å². The summed E-state index contributed by atoms with van der Waals surface area (Å²) in [5.74, 6) is -0.322. The molecule has 0 amide bonds. The van der Waals surface area contributed by atoms with Crippen molar-refractivity contribution >= 4 is 18.4 Å². The summed E-state index contributed by atoms with van der Waals surface area (Å²) in [4.78, 5) is 13.3. The number of rotatable bonds is 5. The van der Waals surface area contributed by atoms with Crippen LogP contribution in [0.3, 0.4) is 0 Å². The highest BCUT2D eigenvalue weighted by atomic mass is 35.5. The number of carbonyl (C=O) groups is 1. The summed E-state index contributed by atoms with van der Waals surface area (Å²) < 4.78 is 10.2. The molecule has 1 unspecified atom stereocenters. The van der Waals surface area contributed by atoms with E-state index < -0.39 is 6.04 Å². The van der Waals surface area contributed by atoms with Gasteiger partial charge in [0.15, 0.2) is 0 Å². The number of halogens is 1. The first kappa shape index (κ1) is 15.6. The molecule has 0 aromatic heterocycles. The predicted molar refractivity (Wildman–Crippen MR) is 63.7 cm³/mol. The van der Waals surface area contributed by atoms with Crippen LogP contribution in [-0.2, 0) is 14.3 Å². The molecule has 1 fully saturated rings. The molecule has 0 spiro atoms. The number of nitrogens with two attached hydrogens (primary N) is 1. The lowest BCUT2D eigenvalue weighted by atomic mass is 10.3. The van der Waals surface area contributed by atoms with Gasteiger partial charge in [-0.3, -0.25) is 9.69 Å². The zero-order valence-electron chi connectivity index (χ0n) is 9.68. The second-order valence-electron chi connectivity index (χ2n) is 3.76. The third-order valence-electron chi connectivity index (χ3n) is 2.34. The van der Waals surface area contributed by atoms with E-state index in [1.807, 2.05) is 0 Å². The summed E-state index contributed by atoms with van der Waals surface area (Å²) in [6.07, 6.45) is 0.860. The Hall–Kier alpha value is -0.360. The Morgan fingerprint density at radius 1 is 1.50 bits per heavy atom. The largest absolute Gasteiger partial charge is 0.464 e. The summed E-state index contributed by atoms with van der Waals surface area (Å²) >= 11 is 0. The van der Waals surface area contributed by atoms with Crippen LogP contribution in [0.25, 0.3) is 0 Å². The molecule has 96 valence electrons. The minimum absolute atomic E-state index is 0. The van der Waals surface area contributed by atoms with Crippen LogP contribution in [0.1, 0.15) is 13.3 Å². The highest BCUT2D eigenvalue weighted by Crippen LogP contribution is 1.98. The molecule has 0 aromatic rings. The normalized spacial score (nSPS) is 18.6. The van der Waals surface area contributed by atoms with Crippen LogP contribution in [0.4, 0.5) is 0 Å². The minimum atomic E-state index is -0.520. The number of morpholine rings is 1. The quantitative estimate of drug-likeness (QED) is 0.552. The van der Waals surface area contributed by atoms with Gasteiger partial charge in [-0.2, -0.15) is 0 Å². The highest BCUT2D eigenvalue weighted by molar-refractivity contribution is 5.85. The van der Waals surface area contributed by atoms with Crippen molar-refractivity contribution in [2.24, 2.45) is 5.73 Å². The van der Waals surface area contributed by atoms with Gasteiger partial charge >= 0.3 is 5.97 Å². The predicted octanol–water partition coefficient (Wildman–Crippen LogP) is 0.0209. The molecule has 0 aliphatic carbocycles. The molecule has 1 atom stereocenters. The maximum atomic E-state index is 11.0. The molecule has 0 saturated carbocycles. The average Bonchev–Trinajstić information content (AvgIpc) is 2.25. The zero-order valence-corrected chi connectivity index (χ0v) is 10.5. The Morgan fingerprint density at radius 3 is 2.69 bits per heavy atom. The molecule has 2 N–H and O–H groups in total. The van der Waals surface area contributed by atoms with Crippen molar-refractivity contribution < 1.29 is 14.3 Å². The number of hydrogen-bond acceptors (Lipinski definition) is 5. The third-order valence-corrected chi connectivity index (χ3v) is 2.34. The Bertz CT molecular complexity index is 197. The van der Waals surface area contributed by atoms with Crippen LogP contribution in [0.15, 0.2) is 0 Å². The second kappa shape index (κ2) is 8.75. The van der Waals surface area contributed by atoms with E-state index in [1.54, 1.807) is 6.92 Å². The fourth-order valence-electron chi connectivity index (χ4n) is 1.42. The lowest BCUT2D eigenvalue weighted by Gasteiger charge is -2.26. The Balaban J connectivity index is 0.00000225. The number of ether oxygens (including phenoxy) is 2. The van der Waals surface area contributed by atoms with Crippen LogP contribution >= 0.6 is 12.4 Å². The maximum absolute atomic E-state index is 11.0. The first-order valence-corrected chi connectivity index (χ1v) is 5.42. The lowest BCUT2D eigenvalue weighted by molar-refractivity contribution is -0.145. The SMILES string of the molecule is CC(N)C(=O)OCCCN1CCOCC1.Cl. The van der Waals surface area contributed by atoms with Gasteiger partial charge in [0.05, 0.1) is 19.8 Å². The van der Waals surface area contributed by atoms with Gasteiger partial charge in [0.2, 0.25) is 0 Å². The van der Waals surface area contributed by atoms with E-state index in [0.717, 1.165) is 39.3 Å². The fraction of sp³-hybridized carbons (Fsp3) is 0.900. The molecule has 0 aromatic carbocycles. The zero-order chi connectivity index (χ0) is 11.1. The Kier molecular flexibility index (Phi) is 8.56. The molecule has 1 saturated heterocycles. The van der Waals surface area contributed by atoms with Gasteiger partial charge in [0.25, 0.3) is 0 Å². The van der Waals surface area contributed by atoms with Crippen molar-refractivity contribution in [1.82, 2.24) is 4.90 Å². The van der Waals surface area contributed by atoms with Crippen LogP contribution < -0.4 is 5.73 Å². The molecule has 5 nitrogen and oxygen atoms in total. The Morgan fingerprint density at radius 2 is 2.12 bits per heavy atom. The minimum Gasteiger partial charge on any atom is -0.464 e. The number of carbonyl (C=O) groups excluding carboxylic acids is 1. The maximum Gasteiger partial charge on any atom is 0.322 e. The average molecular weight is 253 g/mol. The lowest BCUT2D eigenvalue weighted by Crippen LogP contribution is -2.37. The Labute approximate surface area is 103 Å². The van der Waals surface area contributed by atoms with E-state index in [9.17, 15) is 4.79 Å². The molecule has 0 bridgehead atoms. The first-order chi connectivity index (χ1) is 7.20. The van der Waals surface area contributed by atoms with Gasteiger partial charge in [-0.05, 0) is 13.3 Å². The monoisotopic (exact) mass is 252 g/mol. The molecule has 0 radical (unpaired) electrons. The van der Waals surface area contributed by atoms with E-state index in [4.69, 9.17) is 15.2 Å². The van der Waals surface area contributed by atoms with Crippen molar-refractivity contribution in [3.63, 3.8) is 0 Å². The summed E-state index contributed by atoms with van der Waals surface area (Å²) in [5, 5.41) is 0. The van der Waals surface area contributed by atoms with Crippen molar-refractivity contribution in [1.29, 1.82) is 0 Å². The van der Waals surface area contributed by atoms with Gasteiger partial charge in [-0.1, -0.05) is 0 Å². The summed E-state index contributed by atoms with van der Waals surface area (Å²) in [6, 6.07) is -0.520. The van der Waals surface area contributed by atoms with E-state index in [0.29, 0.717) is 6.61 Å². The van der Waals surface area contributed by atoms with Gasteiger partial charge in [-0.15, -0.1) is 12.4 Å². The highest BCUT2D eigenvalue weighted by Gasteiger charge is 2.11. The second-order valence-corrected chi connectivity index (χ2v) is 3.76. The summed E-state index contributed by atoms with van der Waals surface area (Å²) in [6.45, 7) is 6.60. The summed E-state index contributed by atoms with van der Waals surface area (Å²) in [7, 11) is 0. The van der Waals surface area contributed by atoms with E-state index >= 15 is 0 Å². The van der Waals surface area contributed by atoms with Crippen molar-refractivity contribution in [2.75, 3.05) is 39.5 Å². The number of esters is 1. The third kappa shape index (κ3) is 6.27. The smallest absolute Gasteiger partial charge is 0.322 e. The molecule has 6 heteroatoms. The van der Waals surface area contributed by atoms with Gasteiger partial charge in [0, 0.05) is 19.6 Å². The number of hydrogen-bond donors (Lipinski definition) is 1. The molecule has 1 heterocycles. The van der Waals surface area contributed by atoms with E-state index in [2.05, 4.69) is 4.90 Å². The molecule has 1 rings (SSSR count).